The SMILES string of the molecule is Cc1nc(N)sc1SCCF. The average Bonchev–Trinajstić information content (AvgIpc) is 2.26. The number of halogens is 1. The zero-order valence-electron chi connectivity index (χ0n) is 6.13. The average molecular weight is 192 g/mol. The molecule has 1 rings (SSSR count). The van der Waals surface area contributed by atoms with Gasteiger partial charge < -0.3 is 5.73 Å². The van der Waals surface area contributed by atoms with Gasteiger partial charge in [0.15, 0.2) is 5.13 Å². The maximum absolute atomic E-state index is 11.7. The molecule has 0 bridgehead atoms. The molecule has 0 unspecified atom stereocenters. The smallest absolute Gasteiger partial charge is 0.181 e. The van der Waals surface area contributed by atoms with E-state index in [1.54, 1.807) is 0 Å². The van der Waals surface area contributed by atoms with Crippen LogP contribution in [0.4, 0.5) is 9.52 Å². The van der Waals surface area contributed by atoms with Gasteiger partial charge >= 0.3 is 0 Å². The van der Waals surface area contributed by atoms with Gasteiger partial charge in [0.25, 0.3) is 0 Å². The first-order valence-corrected chi connectivity index (χ1v) is 4.96. The molecule has 0 aliphatic carbocycles. The van der Waals surface area contributed by atoms with E-state index in [-0.39, 0.29) is 6.67 Å². The summed E-state index contributed by atoms with van der Waals surface area (Å²) >= 11 is 2.89. The van der Waals surface area contributed by atoms with Crippen molar-refractivity contribution in [2.75, 3.05) is 18.2 Å². The minimum Gasteiger partial charge on any atom is -0.375 e. The molecule has 0 aliphatic heterocycles. The van der Waals surface area contributed by atoms with Crippen LogP contribution in [0.15, 0.2) is 4.21 Å². The fourth-order valence-corrected chi connectivity index (χ4v) is 2.49. The van der Waals surface area contributed by atoms with Crippen molar-refractivity contribution in [3.05, 3.63) is 5.69 Å². The predicted octanol–water partition coefficient (Wildman–Crippen LogP) is 2.10. The Kier molecular flexibility index (Phi) is 3.14. The number of rotatable bonds is 3. The maximum Gasteiger partial charge on any atom is 0.181 e. The molecule has 0 atom stereocenters. The number of hydrogen-bond acceptors (Lipinski definition) is 4. The number of thioether (sulfide) groups is 1. The molecule has 0 aromatic carbocycles. The van der Waals surface area contributed by atoms with E-state index in [2.05, 4.69) is 4.98 Å². The van der Waals surface area contributed by atoms with Crippen LogP contribution in [0.2, 0.25) is 0 Å². The Morgan fingerprint density at radius 3 is 2.91 bits per heavy atom. The van der Waals surface area contributed by atoms with Crippen LogP contribution in [0, 0.1) is 6.92 Å². The van der Waals surface area contributed by atoms with Crippen LogP contribution in [0.1, 0.15) is 5.69 Å². The van der Waals surface area contributed by atoms with E-state index in [0.29, 0.717) is 10.9 Å². The number of hydrogen-bond donors (Lipinski definition) is 1. The number of anilines is 1. The molecule has 11 heavy (non-hydrogen) atoms. The highest BCUT2D eigenvalue weighted by atomic mass is 32.2. The summed E-state index contributed by atoms with van der Waals surface area (Å²) in [6, 6.07) is 0. The van der Waals surface area contributed by atoms with Crippen molar-refractivity contribution in [2.45, 2.75) is 11.1 Å². The molecule has 1 aromatic heterocycles. The molecular formula is C6H9FN2S2. The number of aromatic nitrogens is 1. The van der Waals surface area contributed by atoms with Gasteiger partial charge in [-0.05, 0) is 6.92 Å². The maximum atomic E-state index is 11.7. The highest BCUT2D eigenvalue weighted by molar-refractivity contribution is 8.01. The van der Waals surface area contributed by atoms with Crippen LogP contribution in [-0.4, -0.2) is 17.4 Å². The first-order chi connectivity index (χ1) is 5.24. The van der Waals surface area contributed by atoms with E-state index in [9.17, 15) is 4.39 Å². The van der Waals surface area contributed by atoms with Crippen molar-refractivity contribution in [1.29, 1.82) is 0 Å². The Morgan fingerprint density at radius 2 is 2.45 bits per heavy atom. The van der Waals surface area contributed by atoms with Crippen LogP contribution >= 0.6 is 23.1 Å². The van der Waals surface area contributed by atoms with Gasteiger partial charge in [0.2, 0.25) is 0 Å². The summed E-state index contributed by atoms with van der Waals surface area (Å²) in [5.41, 5.74) is 6.36. The molecule has 0 spiro atoms. The summed E-state index contributed by atoms with van der Waals surface area (Å²) in [5, 5.41) is 0.559. The Labute approximate surface area is 73.0 Å². The van der Waals surface area contributed by atoms with Gasteiger partial charge in [-0.15, -0.1) is 11.8 Å². The van der Waals surface area contributed by atoms with Crippen LogP contribution in [0.3, 0.4) is 0 Å². The van der Waals surface area contributed by atoms with Gasteiger partial charge in [-0.1, -0.05) is 11.3 Å². The zero-order chi connectivity index (χ0) is 8.27. The van der Waals surface area contributed by atoms with Gasteiger partial charge in [0, 0.05) is 5.75 Å². The fourth-order valence-electron chi connectivity index (χ4n) is 0.668. The van der Waals surface area contributed by atoms with Gasteiger partial charge in [-0.3, -0.25) is 4.39 Å². The summed E-state index contributed by atoms with van der Waals surface area (Å²) in [7, 11) is 0. The second kappa shape index (κ2) is 3.92. The van der Waals surface area contributed by atoms with Crippen LogP contribution in [0.5, 0.6) is 0 Å². The molecule has 1 heterocycles. The molecule has 0 radical (unpaired) electrons. The molecule has 0 fully saturated rings. The third kappa shape index (κ3) is 2.34. The number of thiazole rings is 1. The lowest BCUT2D eigenvalue weighted by Gasteiger charge is -1.92. The highest BCUT2D eigenvalue weighted by Gasteiger charge is 2.04. The van der Waals surface area contributed by atoms with E-state index >= 15 is 0 Å². The Balaban J connectivity index is 2.62. The zero-order valence-corrected chi connectivity index (χ0v) is 7.77. The Bertz CT molecular complexity index is 236. The molecule has 0 saturated carbocycles. The second-order valence-corrected chi connectivity index (χ2v) is 4.36. The van der Waals surface area contributed by atoms with Crippen molar-refractivity contribution in [3.8, 4) is 0 Å². The van der Waals surface area contributed by atoms with E-state index in [0.717, 1.165) is 9.90 Å². The third-order valence-electron chi connectivity index (χ3n) is 1.08. The first kappa shape index (κ1) is 8.80. The molecule has 1 aromatic rings. The molecule has 2 nitrogen and oxygen atoms in total. The summed E-state index contributed by atoms with van der Waals surface area (Å²) in [6.45, 7) is 1.58. The molecule has 0 amide bonds. The van der Waals surface area contributed by atoms with Crippen molar-refractivity contribution in [3.63, 3.8) is 0 Å². The van der Waals surface area contributed by atoms with Crippen molar-refractivity contribution < 1.29 is 4.39 Å². The predicted molar refractivity (Wildman–Crippen MR) is 48.0 cm³/mol. The highest BCUT2D eigenvalue weighted by Crippen LogP contribution is 2.29. The Hall–Kier alpha value is -0.290. The molecule has 2 N–H and O–H groups in total. The van der Waals surface area contributed by atoms with Crippen molar-refractivity contribution >= 4 is 28.2 Å². The first-order valence-electron chi connectivity index (χ1n) is 3.15. The van der Waals surface area contributed by atoms with Crippen LogP contribution in [-0.2, 0) is 0 Å². The van der Waals surface area contributed by atoms with Gasteiger partial charge in [0.05, 0.1) is 16.6 Å². The monoisotopic (exact) mass is 192 g/mol. The number of nitrogens with zero attached hydrogens (tertiary/aromatic N) is 1. The number of alkyl halides is 1. The molecular weight excluding hydrogens is 183 g/mol. The number of nitrogens with two attached hydrogens (primary N) is 1. The lowest BCUT2D eigenvalue weighted by atomic mass is 10.6. The van der Waals surface area contributed by atoms with Gasteiger partial charge in [-0.2, -0.15) is 0 Å². The quantitative estimate of drug-likeness (QED) is 0.745. The van der Waals surface area contributed by atoms with E-state index < -0.39 is 0 Å². The molecule has 62 valence electrons. The summed E-state index contributed by atoms with van der Waals surface area (Å²) < 4.78 is 12.8. The molecule has 0 aliphatic rings. The second-order valence-electron chi connectivity index (χ2n) is 1.96. The van der Waals surface area contributed by atoms with E-state index in [4.69, 9.17) is 5.73 Å². The molecule has 5 heteroatoms. The minimum atomic E-state index is -0.304. The van der Waals surface area contributed by atoms with Gasteiger partial charge in [-0.25, -0.2) is 4.98 Å². The van der Waals surface area contributed by atoms with Crippen molar-refractivity contribution in [2.24, 2.45) is 0 Å². The lowest BCUT2D eigenvalue weighted by molar-refractivity contribution is 0.533. The van der Waals surface area contributed by atoms with Gasteiger partial charge in [0.1, 0.15) is 0 Å². The normalized spacial score (nSPS) is 10.4. The van der Waals surface area contributed by atoms with Crippen molar-refractivity contribution in [1.82, 2.24) is 4.98 Å². The topological polar surface area (TPSA) is 38.9 Å². The summed E-state index contributed by atoms with van der Waals surface area (Å²) in [4.78, 5) is 4.02. The van der Waals surface area contributed by atoms with Crippen LogP contribution in [0.25, 0.3) is 0 Å². The largest absolute Gasteiger partial charge is 0.375 e. The fraction of sp³-hybridized carbons (Fsp3) is 0.500. The lowest BCUT2D eigenvalue weighted by Crippen LogP contribution is -1.81. The summed E-state index contributed by atoms with van der Waals surface area (Å²) in [6.07, 6.45) is 0. The molecule has 0 saturated heterocycles. The number of aryl methyl sites for hydroxylation is 1. The number of nitrogen functional groups attached to an aromatic ring is 1. The Morgan fingerprint density at radius 1 is 1.73 bits per heavy atom. The standard InChI is InChI=1S/C6H9FN2S2/c1-4-5(10-3-2-7)11-6(8)9-4/h2-3H2,1H3,(H2,8,9). The van der Waals surface area contributed by atoms with Crippen LogP contribution < -0.4 is 5.73 Å². The van der Waals surface area contributed by atoms with E-state index in [1.807, 2.05) is 6.92 Å². The minimum absolute atomic E-state index is 0.304. The third-order valence-corrected chi connectivity index (χ3v) is 3.38. The van der Waals surface area contributed by atoms with E-state index in [1.165, 1.54) is 23.1 Å². The summed E-state index contributed by atoms with van der Waals surface area (Å²) in [5.74, 6) is 0.489.